The first kappa shape index (κ1) is 14.3. The molecule has 0 saturated carbocycles. The predicted octanol–water partition coefficient (Wildman–Crippen LogP) is 1.23. The van der Waals surface area contributed by atoms with Gasteiger partial charge in [-0.05, 0) is 31.4 Å². The standard InChI is InChI=1S/C14H19N3O3/c1-16(2)13(18)10-6-7-12(15-9-10)17-8-4-3-5-11(17)14(19)20/h6-7,9,11H,3-5,8H2,1-2H3,(H,19,20). The molecule has 6 nitrogen and oxygen atoms in total. The van der Waals surface area contributed by atoms with Crippen LogP contribution in [0.3, 0.4) is 0 Å². The third-order valence-corrected chi connectivity index (χ3v) is 3.48. The number of aromatic nitrogens is 1. The first-order valence-electron chi connectivity index (χ1n) is 6.68. The molecule has 1 N–H and O–H groups in total. The highest BCUT2D eigenvalue weighted by Gasteiger charge is 2.29. The Morgan fingerprint density at radius 1 is 1.35 bits per heavy atom. The number of rotatable bonds is 3. The van der Waals surface area contributed by atoms with E-state index in [2.05, 4.69) is 4.98 Å². The Labute approximate surface area is 118 Å². The van der Waals surface area contributed by atoms with Gasteiger partial charge in [-0.15, -0.1) is 0 Å². The number of pyridine rings is 1. The largest absolute Gasteiger partial charge is 0.480 e. The van der Waals surface area contributed by atoms with Gasteiger partial charge in [-0.2, -0.15) is 0 Å². The molecule has 1 saturated heterocycles. The molecule has 0 bridgehead atoms. The van der Waals surface area contributed by atoms with Crippen molar-refractivity contribution in [2.75, 3.05) is 25.5 Å². The van der Waals surface area contributed by atoms with Crippen LogP contribution in [-0.2, 0) is 4.79 Å². The van der Waals surface area contributed by atoms with Gasteiger partial charge in [0.25, 0.3) is 5.91 Å². The van der Waals surface area contributed by atoms with Crippen LogP contribution in [0.25, 0.3) is 0 Å². The number of anilines is 1. The zero-order valence-electron chi connectivity index (χ0n) is 11.7. The lowest BCUT2D eigenvalue weighted by atomic mass is 10.0. The van der Waals surface area contributed by atoms with Gasteiger partial charge in [-0.1, -0.05) is 0 Å². The van der Waals surface area contributed by atoms with Crippen molar-refractivity contribution in [1.29, 1.82) is 0 Å². The SMILES string of the molecule is CN(C)C(=O)c1ccc(N2CCCCC2C(=O)O)nc1. The van der Waals surface area contributed by atoms with Crippen LogP contribution < -0.4 is 4.90 Å². The fraction of sp³-hybridized carbons (Fsp3) is 0.500. The Bertz CT molecular complexity index is 499. The predicted molar refractivity (Wildman–Crippen MR) is 74.9 cm³/mol. The Hall–Kier alpha value is -2.11. The molecule has 0 aromatic carbocycles. The van der Waals surface area contributed by atoms with Crippen LogP contribution in [0.2, 0.25) is 0 Å². The van der Waals surface area contributed by atoms with Crippen molar-refractivity contribution < 1.29 is 14.7 Å². The zero-order chi connectivity index (χ0) is 14.7. The van der Waals surface area contributed by atoms with Gasteiger partial charge in [-0.25, -0.2) is 9.78 Å². The smallest absolute Gasteiger partial charge is 0.326 e. The van der Waals surface area contributed by atoms with E-state index in [1.54, 1.807) is 31.1 Å². The Morgan fingerprint density at radius 3 is 2.65 bits per heavy atom. The molecule has 6 heteroatoms. The molecule has 1 aromatic rings. The van der Waals surface area contributed by atoms with Gasteiger partial charge in [0.2, 0.25) is 0 Å². The van der Waals surface area contributed by atoms with Crippen molar-refractivity contribution in [3.63, 3.8) is 0 Å². The normalized spacial score (nSPS) is 18.7. The maximum atomic E-state index is 11.8. The first-order valence-corrected chi connectivity index (χ1v) is 6.68. The van der Waals surface area contributed by atoms with Crippen molar-refractivity contribution in [3.8, 4) is 0 Å². The molecule has 0 radical (unpaired) electrons. The highest BCUT2D eigenvalue weighted by atomic mass is 16.4. The molecule has 2 rings (SSSR count). The van der Waals surface area contributed by atoms with Crippen LogP contribution >= 0.6 is 0 Å². The lowest BCUT2D eigenvalue weighted by Crippen LogP contribution is -2.45. The molecule has 1 aliphatic heterocycles. The van der Waals surface area contributed by atoms with E-state index in [-0.39, 0.29) is 5.91 Å². The molecule has 0 aliphatic carbocycles. The number of carbonyl (C=O) groups is 2. The number of amides is 1. The van der Waals surface area contributed by atoms with Crippen molar-refractivity contribution >= 4 is 17.7 Å². The van der Waals surface area contributed by atoms with E-state index in [9.17, 15) is 14.7 Å². The lowest BCUT2D eigenvalue weighted by Gasteiger charge is -2.33. The van der Waals surface area contributed by atoms with Crippen LogP contribution in [0.1, 0.15) is 29.6 Å². The van der Waals surface area contributed by atoms with Crippen LogP contribution in [-0.4, -0.2) is 53.5 Å². The first-order chi connectivity index (χ1) is 9.50. The molecule has 1 fully saturated rings. The highest BCUT2D eigenvalue weighted by molar-refractivity contribution is 5.93. The fourth-order valence-corrected chi connectivity index (χ4v) is 2.40. The molecule has 1 aromatic heterocycles. The summed E-state index contributed by atoms with van der Waals surface area (Å²) in [5, 5.41) is 9.26. The molecular weight excluding hydrogens is 258 g/mol. The molecule has 1 atom stereocenters. The second kappa shape index (κ2) is 5.90. The fourth-order valence-electron chi connectivity index (χ4n) is 2.40. The molecule has 20 heavy (non-hydrogen) atoms. The minimum atomic E-state index is -0.819. The number of carbonyl (C=O) groups excluding carboxylic acids is 1. The molecule has 108 valence electrons. The molecule has 0 spiro atoms. The van der Waals surface area contributed by atoms with Crippen LogP contribution in [0.5, 0.6) is 0 Å². The van der Waals surface area contributed by atoms with Crippen LogP contribution in [0.15, 0.2) is 18.3 Å². The average molecular weight is 277 g/mol. The van der Waals surface area contributed by atoms with Gasteiger partial charge < -0.3 is 14.9 Å². The molecule has 1 unspecified atom stereocenters. The summed E-state index contributed by atoms with van der Waals surface area (Å²) in [7, 11) is 3.36. The summed E-state index contributed by atoms with van der Waals surface area (Å²) in [6, 6.07) is 2.89. The van der Waals surface area contributed by atoms with Crippen molar-refractivity contribution in [3.05, 3.63) is 23.9 Å². The van der Waals surface area contributed by atoms with E-state index < -0.39 is 12.0 Å². The second-order valence-electron chi connectivity index (χ2n) is 5.15. The van der Waals surface area contributed by atoms with Gasteiger partial charge in [0.05, 0.1) is 5.56 Å². The average Bonchev–Trinajstić information content (AvgIpc) is 2.46. The van der Waals surface area contributed by atoms with Crippen molar-refractivity contribution in [1.82, 2.24) is 9.88 Å². The van der Waals surface area contributed by atoms with Crippen LogP contribution in [0, 0.1) is 0 Å². The van der Waals surface area contributed by atoms with Crippen molar-refractivity contribution in [2.45, 2.75) is 25.3 Å². The van der Waals surface area contributed by atoms with E-state index in [1.165, 1.54) is 11.1 Å². The topological polar surface area (TPSA) is 73.7 Å². The van der Waals surface area contributed by atoms with Gasteiger partial charge in [0, 0.05) is 26.8 Å². The van der Waals surface area contributed by atoms with Gasteiger partial charge in [-0.3, -0.25) is 4.79 Å². The summed E-state index contributed by atoms with van der Waals surface area (Å²) in [5.41, 5.74) is 0.502. The number of piperidine rings is 1. The van der Waals surface area contributed by atoms with E-state index in [1.807, 2.05) is 0 Å². The summed E-state index contributed by atoms with van der Waals surface area (Å²) in [6.45, 7) is 0.685. The van der Waals surface area contributed by atoms with Gasteiger partial charge >= 0.3 is 5.97 Å². The quantitative estimate of drug-likeness (QED) is 0.899. The number of hydrogen-bond donors (Lipinski definition) is 1. The van der Waals surface area contributed by atoms with E-state index in [0.29, 0.717) is 24.3 Å². The highest BCUT2D eigenvalue weighted by Crippen LogP contribution is 2.23. The van der Waals surface area contributed by atoms with Gasteiger partial charge in [0.15, 0.2) is 0 Å². The maximum Gasteiger partial charge on any atom is 0.326 e. The zero-order valence-corrected chi connectivity index (χ0v) is 11.7. The molecule has 1 amide bonds. The summed E-state index contributed by atoms with van der Waals surface area (Å²) >= 11 is 0. The Morgan fingerprint density at radius 2 is 2.10 bits per heavy atom. The van der Waals surface area contributed by atoms with Crippen LogP contribution in [0.4, 0.5) is 5.82 Å². The number of carboxylic acids is 1. The number of hydrogen-bond acceptors (Lipinski definition) is 4. The summed E-state index contributed by atoms with van der Waals surface area (Å²) < 4.78 is 0. The Balaban J connectivity index is 2.20. The maximum absolute atomic E-state index is 11.8. The summed E-state index contributed by atoms with van der Waals surface area (Å²) in [4.78, 5) is 30.6. The molecular formula is C14H19N3O3. The third-order valence-electron chi connectivity index (χ3n) is 3.48. The van der Waals surface area contributed by atoms with Crippen molar-refractivity contribution in [2.24, 2.45) is 0 Å². The minimum Gasteiger partial charge on any atom is -0.480 e. The van der Waals surface area contributed by atoms with E-state index >= 15 is 0 Å². The second-order valence-corrected chi connectivity index (χ2v) is 5.15. The lowest BCUT2D eigenvalue weighted by molar-refractivity contribution is -0.139. The Kier molecular flexibility index (Phi) is 4.22. The minimum absolute atomic E-state index is 0.113. The summed E-state index contributed by atoms with van der Waals surface area (Å²) in [6.07, 6.45) is 4.02. The van der Waals surface area contributed by atoms with Gasteiger partial charge in [0.1, 0.15) is 11.9 Å². The van der Waals surface area contributed by atoms with E-state index in [4.69, 9.17) is 0 Å². The monoisotopic (exact) mass is 277 g/mol. The van der Waals surface area contributed by atoms with E-state index in [0.717, 1.165) is 12.8 Å². The number of nitrogens with zero attached hydrogens (tertiary/aromatic N) is 3. The summed E-state index contributed by atoms with van der Waals surface area (Å²) in [5.74, 6) is -0.315. The third kappa shape index (κ3) is 2.89. The number of aliphatic carboxylic acids is 1. The number of carboxylic acid groups (broad SMARTS) is 1. The molecule has 2 heterocycles. The molecule has 1 aliphatic rings.